The number of imidazole rings is 1. The molecule has 0 fully saturated rings. The molecule has 2 aromatic carbocycles. The third-order valence-electron chi connectivity index (χ3n) is 5.28. The van der Waals surface area contributed by atoms with Crippen molar-refractivity contribution in [2.75, 3.05) is 20.0 Å². The Hall–Kier alpha value is -3.91. The second-order valence-corrected chi connectivity index (χ2v) is 8.24. The van der Waals surface area contributed by atoms with Gasteiger partial charge in [-0.1, -0.05) is 36.4 Å². The van der Waals surface area contributed by atoms with Crippen LogP contribution >= 0.6 is 11.3 Å². The van der Waals surface area contributed by atoms with E-state index in [1.54, 1.807) is 25.6 Å². The molecule has 0 saturated heterocycles. The number of fused-ring (bicyclic) bond motifs is 1. The molecule has 0 bridgehead atoms. The van der Waals surface area contributed by atoms with Crippen LogP contribution in [0, 0.1) is 0 Å². The van der Waals surface area contributed by atoms with E-state index in [9.17, 15) is 0 Å². The Bertz CT molecular complexity index is 1390. The summed E-state index contributed by atoms with van der Waals surface area (Å²) in [7, 11) is 3.27. The Morgan fingerprint density at radius 1 is 0.938 bits per heavy atom. The molecule has 5 rings (SSSR count). The molecule has 32 heavy (non-hydrogen) atoms. The zero-order chi connectivity index (χ0) is 22.1. The number of hydrogen-bond acceptors (Lipinski definition) is 7. The van der Waals surface area contributed by atoms with Crippen LogP contribution in [0.5, 0.6) is 11.5 Å². The van der Waals surface area contributed by atoms with Crippen molar-refractivity contribution in [3.63, 3.8) is 0 Å². The number of hydrogen-bond donors (Lipinski definition) is 1. The van der Waals surface area contributed by atoms with Crippen molar-refractivity contribution in [3.05, 3.63) is 72.8 Å². The first-order chi connectivity index (χ1) is 15.7. The molecule has 0 unspecified atom stereocenters. The number of methoxy groups -OCH3 is 2. The van der Waals surface area contributed by atoms with Crippen molar-refractivity contribution in [1.82, 2.24) is 19.5 Å². The number of nitrogens with zero attached hydrogens (tertiary/aromatic N) is 4. The lowest BCUT2D eigenvalue weighted by molar-refractivity contribution is 0.354. The normalized spacial score (nSPS) is 11.1. The fraction of sp³-hybridized carbons (Fsp3) is 0.125. The third-order valence-corrected chi connectivity index (χ3v) is 6.33. The van der Waals surface area contributed by atoms with Crippen molar-refractivity contribution in [2.24, 2.45) is 0 Å². The fourth-order valence-corrected chi connectivity index (χ4v) is 4.80. The smallest absolute Gasteiger partial charge is 0.161 e. The van der Waals surface area contributed by atoms with Crippen molar-refractivity contribution < 1.29 is 9.47 Å². The fourth-order valence-electron chi connectivity index (χ4n) is 3.73. The minimum atomic E-state index is 0.477. The predicted molar refractivity (Wildman–Crippen MR) is 127 cm³/mol. The maximum absolute atomic E-state index is 6.10. The highest BCUT2D eigenvalue weighted by Crippen LogP contribution is 2.39. The van der Waals surface area contributed by atoms with Gasteiger partial charge in [-0.2, -0.15) is 0 Å². The molecule has 0 aliphatic rings. The highest BCUT2D eigenvalue weighted by molar-refractivity contribution is 7.21. The number of benzene rings is 2. The summed E-state index contributed by atoms with van der Waals surface area (Å²) < 4.78 is 13.0. The SMILES string of the molecule is COc1ccc(Cn2cnc(-c3ccccc3)c2-c2cc3c(N)ncnc3s2)cc1OC. The van der Waals surface area contributed by atoms with Gasteiger partial charge in [0.2, 0.25) is 0 Å². The van der Waals surface area contributed by atoms with Gasteiger partial charge in [0.05, 0.1) is 42.2 Å². The molecular formula is C24H21N5O2S. The third kappa shape index (κ3) is 3.54. The molecule has 5 aromatic rings. The van der Waals surface area contributed by atoms with Crippen LogP contribution in [-0.4, -0.2) is 33.7 Å². The van der Waals surface area contributed by atoms with Crippen molar-refractivity contribution in [2.45, 2.75) is 6.54 Å². The van der Waals surface area contributed by atoms with E-state index in [4.69, 9.17) is 20.2 Å². The highest BCUT2D eigenvalue weighted by atomic mass is 32.1. The van der Waals surface area contributed by atoms with Crippen LogP contribution in [0.15, 0.2) is 67.3 Å². The quantitative estimate of drug-likeness (QED) is 0.403. The van der Waals surface area contributed by atoms with E-state index < -0.39 is 0 Å². The summed E-state index contributed by atoms with van der Waals surface area (Å²) in [5, 5.41) is 0.852. The standard InChI is InChI=1S/C24H21N5O2S/c1-30-18-9-8-15(10-19(18)31-2)12-29-14-28-21(16-6-4-3-5-7-16)22(29)20-11-17-23(25)26-13-27-24(17)32-20/h3-11,13-14H,12H2,1-2H3,(H2,25,26,27). The zero-order valence-electron chi connectivity index (χ0n) is 17.6. The van der Waals surface area contributed by atoms with Crippen LogP contribution in [0.2, 0.25) is 0 Å². The first-order valence-corrected chi connectivity index (χ1v) is 10.8. The number of anilines is 1. The molecule has 160 valence electrons. The molecule has 0 aliphatic carbocycles. The number of aromatic nitrogens is 4. The Labute approximate surface area is 189 Å². The lowest BCUT2D eigenvalue weighted by Crippen LogP contribution is -2.01. The number of ether oxygens (including phenoxy) is 2. The van der Waals surface area contributed by atoms with Gasteiger partial charge >= 0.3 is 0 Å². The van der Waals surface area contributed by atoms with Gasteiger partial charge in [-0.15, -0.1) is 11.3 Å². The Morgan fingerprint density at radius 3 is 2.50 bits per heavy atom. The summed E-state index contributed by atoms with van der Waals surface area (Å²) in [5.74, 6) is 1.87. The van der Waals surface area contributed by atoms with Crippen molar-refractivity contribution in [3.8, 4) is 33.3 Å². The molecule has 3 heterocycles. The van der Waals surface area contributed by atoms with E-state index in [-0.39, 0.29) is 0 Å². The second kappa shape index (κ2) is 8.32. The second-order valence-electron chi connectivity index (χ2n) is 7.21. The van der Waals surface area contributed by atoms with Gasteiger partial charge < -0.3 is 19.8 Å². The number of nitrogens with two attached hydrogens (primary N) is 1. The van der Waals surface area contributed by atoms with Crippen LogP contribution in [0.1, 0.15) is 5.56 Å². The average molecular weight is 444 g/mol. The van der Waals surface area contributed by atoms with Gasteiger partial charge in [0.1, 0.15) is 17.0 Å². The van der Waals surface area contributed by atoms with Crippen molar-refractivity contribution in [1.29, 1.82) is 0 Å². The van der Waals surface area contributed by atoms with E-state index in [0.29, 0.717) is 23.9 Å². The molecule has 2 N–H and O–H groups in total. The molecule has 8 heteroatoms. The van der Waals surface area contributed by atoms with Crippen LogP contribution in [0.4, 0.5) is 5.82 Å². The van der Waals surface area contributed by atoms with Crippen LogP contribution in [0.3, 0.4) is 0 Å². The molecule has 0 atom stereocenters. The van der Waals surface area contributed by atoms with Gasteiger partial charge in [0, 0.05) is 12.1 Å². The number of thiophene rings is 1. The summed E-state index contributed by atoms with van der Waals surface area (Å²) in [4.78, 5) is 15.2. The number of nitrogen functional groups attached to an aromatic ring is 1. The topological polar surface area (TPSA) is 88.1 Å². The Morgan fingerprint density at radius 2 is 1.75 bits per heavy atom. The molecule has 0 amide bonds. The minimum Gasteiger partial charge on any atom is -0.493 e. The van der Waals surface area contributed by atoms with Crippen LogP contribution in [-0.2, 0) is 6.54 Å². The van der Waals surface area contributed by atoms with Gasteiger partial charge in [0.25, 0.3) is 0 Å². The Kier molecular flexibility index (Phi) is 5.20. The van der Waals surface area contributed by atoms with Crippen molar-refractivity contribution >= 4 is 27.4 Å². The van der Waals surface area contributed by atoms with Gasteiger partial charge in [-0.25, -0.2) is 15.0 Å². The summed E-state index contributed by atoms with van der Waals surface area (Å²) in [6.07, 6.45) is 3.37. The largest absolute Gasteiger partial charge is 0.493 e. The minimum absolute atomic E-state index is 0.477. The van der Waals surface area contributed by atoms with E-state index >= 15 is 0 Å². The molecule has 3 aromatic heterocycles. The molecule has 0 saturated carbocycles. The molecule has 0 spiro atoms. The molecule has 7 nitrogen and oxygen atoms in total. The van der Waals surface area contributed by atoms with Gasteiger partial charge in [0.15, 0.2) is 11.5 Å². The predicted octanol–water partition coefficient (Wildman–Crippen LogP) is 4.87. The maximum atomic E-state index is 6.10. The van der Waals surface area contributed by atoms with Gasteiger partial charge in [-0.05, 0) is 23.8 Å². The molecular weight excluding hydrogens is 422 g/mol. The summed E-state index contributed by atoms with van der Waals surface area (Å²) in [5.41, 5.74) is 10.1. The molecule has 0 radical (unpaired) electrons. The first kappa shape index (κ1) is 20.0. The summed E-state index contributed by atoms with van der Waals surface area (Å²) in [6.45, 7) is 0.616. The van der Waals surface area contributed by atoms with Crippen LogP contribution < -0.4 is 15.2 Å². The lowest BCUT2D eigenvalue weighted by atomic mass is 10.1. The lowest BCUT2D eigenvalue weighted by Gasteiger charge is -2.12. The van der Waals surface area contributed by atoms with E-state index in [1.807, 2.05) is 48.8 Å². The zero-order valence-corrected chi connectivity index (χ0v) is 18.5. The highest BCUT2D eigenvalue weighted by Gasteiger charge is 2.19. The van der Waals surface area contributed by atoms with E-state index in [0.717, 1.165) is 37.6 Å². The maximum Gasteiger partial charge on any atom is 0.161 e. The average Bonchev–Trinajstić information content (AvgIpc) is 3.44. The van der Waals surface area contributed by atoms with Gasteiger partial charge in [-0.3, -0.25) is 0 Å². The van der Waals surface area contributed by atoms with E-state index in [1.165, 1.54) is 6.33 Å². The molecule has 0 aliphatic heterocycles. The summed E-state index contributed by atoms with van der Waals surface area (Å²) in [6, 6.07) is 18.1. The first-order valence-electron chi connectivity index (χ1n) is 9.99. The number of rotatable bonds is 6. The Balaban J connectivity index is 1.65. The monoisotopic (exact) mass is 443 g/mol. The van der Waals surface area contributed by atoms with E-state index in [2.05, 4.69) is 26.7 Å². The van der Waals surface area contributed by atoms with Crippen LogP contribution in [0.25, 0.3) is 32.0 Å². The summed E-state index contributed by atoms with van der Waals surface area (Å²) >= 11 is 1.58.